The number of nitrogens with one attached hydrogen (secondary N) is 3. The smallest absolute Gasteiger partial charge is 0.329 e. The largest absolute Gasteiger partial charge is 0.456 e. The summed E-state index contributed by atoms with van der Waals surface area (Å²) in [6.07, 6.45) is 6.66. The molecule has 0 bridgehead atoms. The molecule has 10 nitrogen and oxygen atoms in total. The van der Waals surface area contributed by atoms with Crippen LogP contribution in [0.4, 0.5) is 10.6 Å². The first kappa shape index (κ1) is 21.4. The summed E-state index contributed by atoms with van der Waals surface area (Å²) in [6, 6.07) is 6.26. The Morgan fingerprint density at radius 1 is 1.25 bits per heavy atom. The van der Waals surface area contributed by atoms with E-state index < -0.39 is 11.4 Å². The summed E-state index contributed by atoms with van der Waals surface area (Å²) >= 11 is 0. The van der Waals surface area contributed by atoms with E-state index in [4.69, 9.17) is 10.1 Å². The standard InChI is InChI=1S/C22H25N7O3/c1-24-11-15(10-23)18-9-16(5-7-25-18)32-17-3-4-19(26-12-17)27-21(31)29-8-6-22(20(29)30)13-28(2)14-22/h3-5,7,9-12,23-24H,6,8,13-14H2,1-2H3,(H,26,27,31)/b15-11+,23-10?. The molecule has 0 atom stereocenters. The van der Waals surface area contributed by atoms with Crippen molar-refractivity contribution in [1.82, 2.24) is 25.1 Å². The number of aromatic nitrogens is 2. The maximum atomic E-state index is 12.7. The molecule has 0 aliphatic carbocycles. The second kappa shape index (κ2) is 8.75. The van der Waals surface area contributed by atoms with Crippen LogP contribution in [0.3, 0.4) is 0 Å². The van der Waals surface area contributed by atoms with E-state index in [1.165, 1.54) is 17.3 Å². The summed E-state index contributed by atoms with van der Waals surface area (Å²) in [5, 5.41) is 13.1. The number of anilines is 1. The van der Waals surface area contributed by atoms with Gasteiger partial charge in [-0.15, -0.1) is 0 Å². The molecule has 0 unspecified atom stereocenters. The molecule has 4 heterocycles. The van der Waals surface area contributed by atoms with Crippen LogP contribution in [0.25, 0.3) is 5.57 Å². The third-order valence-electron chi connectivity index (χ3n) is 5.59. The quantitative estimate of drug-likeness (QED) is 0.594. The molecule has 3 amide bonds. The zero-order valence-corrected chi connectivity index (χ0v) is 18.0. The number of hydrogen-bond donors (Lipinski definition) is 3. The fourth-order valence-corrected chi connectivity index (χ4v) is 4.10. The molecule has 0 aromatic carbocycles. The minimum Gasteiger partial charge on any atom is -0.456 e. The number of carbonyl (C=O) groups is 2. The molecule has 2 aliphatic heterocycles. The number of amides is 3. The van der Waals surface area contributed by atoms with Crippen LogP contribution >= 0.6 is 0 Å². The van der Waals surface area contributed by atoms with Gasteiger partial charge in [-0.3, -0.25) is 20.0 Å². The number of rotatable bonds is 6. The molecule has 3 N–H and O–H groups in total. The lowest BCUT2D eigenvalue weighted by molar-refractivity contribution is -0.141. The van der Waals surface area contributed by atoms with Crippen molar-refractivity contribution in [2.75, 3.05) is 39.0 Å². The van der Waals surface area contributed by atoms with E-state index in [0.29, 0.717) is 54.6 Å². The van der Waals surface area contributed by atoms with Crippen molar-refractivity contribution < 1.29 is 14.3 Å². The van der Waals surface area contributed by atoms with Crippen LogP contribution in [-0.4, -0.2) is 71.7 Å². The van der Waals surface area contributed by atoms with Crippen molar-refractivity contribution in [2.45, 2.75) is 6.42 Å². The highest BCUT2D eigenvalue weighted by Crippen LogP contribution is 2.40. The van der Waals surface area contributed by atoms with E-state index in [1.807, 2.05) is 7.05 Å². The first-order chi connectivity index (χ1) is 15.4. The molecule has 2 aliphatic rings. The molecule has 2 saturated heterocycles. The normalized spacial score (nSPS) is 17.8. The van der Waals surface area contributed by atoms with Gasteiger partial charge in [0.2, 0.25) is 5.91 Å². The summed E-state index contributed by atoms with van der Waals surface area (Å²) in [7, 11) is 3.72. The van der Waals surface area contributed by atoms with Crippen molar-refractivity contribution in [3.05, 3.63) is 48.6 Å². The lowest BCUT2D eigenvalue weighted by Gasteiger charge is -2.44. The fourth-order valence-electron chi connectivity index (χ4n) is 4.10. The number of hydrogen-bond acceptors (Lipinski definition) is 8. The average Bonchev–Trinajstić information content (AvgIpc) is 3.10. The molecular formula is C22H25N7O3. The van der Waals surface area contributed by atoms with Gasteiger partial charge in [-0.25, -0.2) is 9.78 Å². The van der Waals surface area contributed by atoms with E-state index in [9.17, 15) is 9.59 Å². The van der Waals surface area contributed by atoms with Gasteiger partial charge in [0.1, 0.15) is 17.3 Å². The van der Waals surface area contributed by atoms with Crippen LogP contribution in [0.5, 0.6) is 11.5 Å². The molecule has 166 valence electrons. The van der Waals surface area contributed by atoms with E-state index in [1.54, 1.807) is 43.7 Å². The molecule has 0 saturated carbocycles. The highest BCUT2D eigenvalue weighted by atomic mass is 16.5. The van der Waals surface area contributed by atoms with Gasteiger partial charge in [0, 0.05) is 56.9 Å². The van der Waals surface area contributed by atoms with Crippen molar-refractivity contribution in [2.24, 2.45) is 5.41 Å². The van der Waals surface area contributed by atoms with Crippen LogP contribution in [0.2, 0.25) is 0 Å². The number of likely N-dealkylation sites (tertiary alicyclic amines) is 2. The van der Waals surface area contributed by atoms with Crippen molar-refractivity contribution in [3.63, 3.8) is 0 Å². The summed E-state index contributed by atoms with van der Waals surface area (Å²) in [5.41, 5.74) is 0.802. The Kier molecular flexibility index (Phi) is 5.87. The number of urea groups is 1. The van der Waals surface area contributed by atoms with Gasteiger partial charge in [-0.2, -0.15) is 0 Å². The highest BCUT2D eigenvalue weighted by Gasteiger charge is 2.54. The summed E-state index contributed by atoms with van der Waals surface area (Å²) in [4.78, 5) is 37.0. The number of nitrogens with zero attached hydrogens (tertiary/aromatic N) is 4. The zero-order valence-electron chi connectivity index (χ0n) is 18.0. The number of allylic oxidation sites excluding steroid dienone is 1. The number of carbonyl (C=O) groups excluding carboxylic acids is 2. The molecule has 2 fully saturated rings. The molecule has 10 heteroatoms. The second-order valence-corrected chi connectivity index (χ2v) is 7.98. The van der Waals surface area contributed by atoms with Gasteiger partial charge in [-0.05, 0) is 31.7 Å². The molecule has 2 aromatic heterocycles. The first-order valence-corrected chi connectivity index (χ1v) is 10.2. The second-order valence-electron chi connectivity index (χ2n) is 7.98. The molecule has 2 aromatic rings. The Morgan fingerprint density at radius 2 is 2.06 bits per heavy atom. The average molecular weight is 435 g/mol. The molecule has 0 radical (unpaired) electrons. The van der Waals surface area contributed by atoms with E-state index >= 15 is 0 Å². The van der Waals surface area contributed by atoms with Gasteiger partial charge < -0.3 is 20.4 Å². The molecular weight excluding hydrogens is 410 g/mol. The lowest BCUT2D eigenvalue weighted by Crippen LogP contribution is -2.58. The van der Waals surface area contributed by atoms with Crippen LogP contribution in [0, 0.1) is 10.8 Å². The molecule has 1 spiro atoms. The fraction of sp³-hybridized carbons (Fsp3) is 0.318. The van der Waals surface area contributed by atoms with Gasteiger partial charge in [0.15, 0.2) is 0 Å². The van der Waals surface area contributed by atoms with Crippen molar-refractivity contribution in [3.8, 4) is 11.5 Å². The molecule has 32 heavy (non-hydrogen) atoms. The maximum absolute atomic E-state index is 12.7. The van der Waals surface area contributed by atoms with E-state index in [2.05, 4.69) is 25.5 Å². The Labute approximate surface area is 185 Å². The summed E-state index contributed by atoms with van der Waals surface area (Å²) in [6.45, 7) is 1.81. The minimum absolute atomic E-state index is 0.113. The minimum atomic E-state index is -0.461. The predicted molar refractivity (Wildman–Crippen MR) is 120 cm³/mol. The summed E-state index contributed by atoms with van der Waals surface area (Å²) in [5.74, 6) is 1.23. The maximum Gasteiger partial charge on any atom is 0.329 e. The Hall–Kier alpha value is -3.79. The van der Waals surface area contributed by atoms with Gasteiger partial charge >= 0.3 is 6.03 Å². The van der Waals surface area contributed by atoms with Crippen LogP contribution in [0.15, 0.2) is 42.9 Å². The topological polar surface area (TPSA) is 124 Å². The van der Waals surface area contributed by atoms with Crippen molar-refractivity contribution in [1.29, 1.82) is 5.41 Å². The van der Waals surface area contributed by atoms with Crippen LogP contribution < -0.4 is 15.4 Å². The van der Waals surface area contributed by atoms with Crippen LogP contribution in [-0.2, 0) is 4.79 Å². The number of imide groups is 1. The van der Waals surface area contributed by atoms with Crippen LogP contribution in [0.1, 0.15) is 12.1 Å². The number of pyridine rings is 2. The van der Waals surface area contributed by atoms with Gasteiger partial charge in [0.25, 0.3) is 0 Å². The molecule has 4 rings (SSSR count). The van der Waals surface area contributed by atoms with E-state index in [-0.39, 0.29) is 5.91 Å². The lowest BCUT2D eigenvalue weighted by atomic mass is 9.79. The Balaban J connectivity index is 1.38. The monoisotopic (exact) mass is 435 g/mol. The number of ether oxygens (including phenoxy) is 1. The highest BCUT2D eigenvalue weighted by molar-refractivity contribution is 6.07. The summed E-state index contributed by atoms with van der Waals surface area (Å²) < 4.78 is 5.82. The predicted octanol–water partition coefficient (Wildman–Crippen LogP) is 2.17. The zero-order chi connectivity index (χ0) is 22.7. The van der Waals surface area contributed by atoms with E-state index in [0.717, 1.165) is 0 Å². The Morgan fingerprint density at radius 3 is 2.72 bits per heavy atom. The third-order valence-corrected chi connectivity index (χ3v) is 5.59. The van der Waals surface area contributed by atoms with Gasteiger partial charge in [0.05, 0.1) is 17.3 Å². The third kappa shape index (κ3) is 4.17. The SMILES string of the molecule is CN/C=C(\C=N)c1cc(Oc2ccc(NC(=O)N3CCC4(CN(C)C4)C3=O)nc2)ccn1. The van der Waals surface area contributed by atoms with Gasteiger partial charge in [-0.1, -0.05) is 0 Å². The van der Waals surface area contributed by atoms with Crippen molar-refractivity contribution >= 4 is 29.5 Å². The first-order valence-electron chi connectivity index (χ1n) is 10.2. The Bertz CT molecular complexity index is 1060.